The zero-order chi connectivity index (χ0) is 23.7. The highest BCUT2D eigenvalue weighted by molar-refractivity contribution is 5.87. The molecule has 0 aliphatic rings. The van der Waals surface area contributed by atoms with E-state index < -0.39 is 23.4 Å². The third-order valence-corrected chi connectivity index (χ3v) is 5.71. The quantitative estimate of drug-likeness (QED) is 0.408. The Labute approximate surface area is 187 Å². The first-order valence-electron chi connectivity index (χ1n) is 10.2. The molecule has 0 aliphatic carbocycles. The van der Waals surface area contributed by atoms with E-state index in [1.165, 1.54) is 35.9 Å². The van der Waals surface area contributed by atoms with Gasteiger partial charge in [-0.25, -0.2) is 13.2 Å². The first kappa shape index (κ1) is 22.4. The second kappa shape index (κ2) is 8.97. The van der Waals surface area contributed by atoms with Crippen molar-refractivity contribution in [2.45, 2.75) is 26.4 Å². The van der Waals surface area contributed by atoms with Gasteiger partial charge in [-0.2, -0.15) is 0 Å². The average molecular weight is 454 g/mol. The summed E-state index contributed by atoms with van der Waals surface area (Å²) in [5.74, 6) is -2.26. The first-order valence-corrected chi connectivity index (χ1v) is 10.2. The molecule has 4 rings (SSSR count). The Bertz CT molecular complexity index is 1420. The molecule has 0 amide bonds. The van der Waals surface area contributed by atoms with E-state index in [0.717, 1.165) is 29.0 Å². The van der Waals surface area contributed by atoms with Crippen LogP contribution in [0.2, 0.25) is 0 Å². The third-order valence-electron chi connectivity index (χ3n) is 5.71. The minimum Gasteiger partial charge on any atom is -0.468 e. The number of rotatable bonds is 6. The molecule has 0 radical (unpaired) electrons. The lowest BCUT2D eigenvalue weighted by atomic mass is 10.0. The van der Waals surface area contributed by atoms with E-state index in [2.05, 4.69) is 0 Å². The van der Waals surface area contributed by atoms with Gasteiger partial charge in [0.05, 0.1) is 13.7 Å². The van der Waals surface area contributed by atoms with Gasteiger partial charge in [0, 0.05) is 46.9 Å². The van der Waals surface area contributed by atoms with Crippen molar-refractivity contribution in [3.63, 3.8) is 0 Å². The number of methoxy groups -OCH3 is 1. The summed E-state index contributed by atoms with van der Waals surface area (Å²) < 4.78 is 49.2. The third kappa shape index (κ3) is 4.55. The summed E-state index contributed by atoms with van der Waals surface area (Å²) in [5, 5.41) is 0.652. The number of hydrogen-bond acceptors (Lipinski definition) is 3. The monoisotopic (exact) mass is 454 g/mol. The molecule has 2 aromatic carbocycles. The van der Waals surface area contributed by atoms with Gasteiger partial charge in [-0.3, -0.25) is 9.59 Å². The van der Waals surface area contributed by atoms with Crippen molar-refractivity contribution in [1.29, 1.82) is 0 Å². The highest BCUT2D eigenvalue weighted by Gasteiger charge is 2.18. The highest BCUT2D eigenvalue weighted by atomic mass is 19.1. The van der Waals surface area contributed by atoms with Crippen LogP contribution >= 0.6 is 0 Å². The number of nitrogens with zero attached hydrogens (tertiary/aromatic N) is 2. The van der Waals surface area contributed by atoms with Crippen LogP contribution in [-0.4, -0.2) is 22.2 Å². The molecule has 33 heavy (non-hydrogen) atoms. The minimum atomic E-state index is -0.732. The standard InChI is InChI=1S/C25H21F3N2O3/c1-15-20(21-10-18(26)6-7-23(21)30(15)14-25(32)33-2)9-16-3-8-24(31)29(12-16)13-17-4-5-19(27)11-22(17)28/h3-8,10-12H,9,13-14H2,1-2H3. The van der Waals surface area contributed by atoms with E-state index in [1.807, 2.05) is 6.92 Å². The van der Waals surface area contributed by atoms with E-state index in [1.54, 1.807) is 22.9 Å². The zero-order valence-electron chi connectivity index (χ0n) is 18.1. The van der Waals surface area contributed by atoms with Crippen molar-refractivity contribution >= 4 is 16.9 Å². The van der Waals surface area contributed by atoms with Crippen LogP contribution in [-0.2, 0) is 29.0 Å². The lowest BCUT2D eigenvalue weighted by molar-refractivity contribution is -0.141. The number of carbonyl (C=O) groups excluding carboxylic acids is 1. The molecule has 8 heteroatoms. The molecule has 4 aromatic rings. The van der Waals surface area contributed by atoms with Gasteiger partial charge in [-0.1, -0.05) is 12.1 Å². The van der Waals surface area contributed by atoms with Gasteiger partial charge in [0.2, 0.25) is 0 Å². The smallest absolute Gasteiger partial charge is 0.325 e. The molecule has 0 fully saturated rings. The zero-order valence-corrected chi connectivity index (χ0v) is 18.1. The van der Waals surface area contributed by atoms with Crippen LogP contribution in [0.1, 0.15) is 22.4 Å². The van der Waals surface area contributed by atoms with Gasteiger partial charge in [-0.15, -0.1) is 0 Å². The predicted octanol–water partition coefficient (Wildman–Crippen LogP) is 4.34. The molecule has 0 aliphatic heterocycles. The average Bonchev–Trinajstić information content (AvgIpc) is 3.02. The Kier molecular flexibility index (Phi) is 6.09. The second-order valence-electron chi connectivity index (χ2n) is 7.80. The van der Waals surface area contributed by atoms with Crippen LogP contribution in [0.5, 0.6) is 0 Å². The topological polar surface area (TPSA) is 53.2 Å². The maximum atomic E-state index is 14.1. The van der Waals surface area contributed by atoms with Crippen molar-refractivity contribution in [3.8, 4) is 0 Å². The molecule has 2 heterocycles. The molecule has 0 spiro atoms. The summed E-state index contributed by atoms with van der Waals surface area (Å²) in [5.41, 5.74) is 2.84. The predicted molar refractivity (Wildman–Crippen MR) is 118 cm³/mol. The van der Waals surface area contributed by atoms with Crippen LogP contribution in [0.3, 0.4) is 0 Å². The Morgan fingerprint density at radius 3 is 2.45 bits per heavy atom. The summed E-state index contributed by atoms with van der Waals surface area (Å²) in [6.07, 6.45) is 1.96. The normalized spacial score (nSPS) is 11.2. The molecule has 170 valence electrons. The number of ether oxygens (including phenoxy) is 1. The molecule has 0 unspecified atom stereocenters. The van der Waals surface area contributed by atoms with Crippen LogP contribution in [0.4, 0.5) is 13.2 Å². The van der Waals surface area contributed by atoms with E-state index in [0.29, 0.717) is 17.3 Å². The van der Waals surface area contributed by atoms with Crippen LogP contribution in [0.15, 0.2) is 59.5 Å². The summed E-state index contributed by atoms with van der Waals surface area (Å²) in [7, 11) is 1.30. The molecular formula is C25H21F3N2O3. The minimum absolute atomic E-state index is 0.0200. The molecular weight excluding hydrogens is 433 g/mol. The number of pyridine rings is 1. The number of halogens is 3. The van der Waals surface area contributed by atoms with Gasteiger partial charge in [0.15, 0.2) is 0 Å². The Morgan fingerprint density at radius 1 is 1.00 bits per heavy atom. The molecule has 0 saturated carbocycles. The van der Waals surface area contributed by atoms with E-state index >= 15 is 0 Å². The van der Waals surface area contributed by atoms with Gasteiger partial charge < -0.3 is 13.9 Å². The summed E-state index contributed by atoms with van der Waals surface area (Å²) in [4.78, 5) is 24.3. The number of carbonyl (C=O) groups is 1. The summed E-state index contributed by atoms with van der Waals surface area (Å²) >= 11 is 0. The van der Waals surface area contributed by atoms with E-state index in [9.17, 15) is 22.8 Å². The number of benzene rings is 2. The Morgan fingerprint density at radius 2 is 1.73 bits per heavy atom. The number of fused-ring (bicyclic) bond motifs is 1. The van der Waals surface area contributed by atoms with Gasteiger partial charge in [-0.05, 0) is 42.3 Å². The van der Waals surface area contributed by atoms with Gasteiger partial charge >= 0.3 is 5.97 Å². The highest BCUT2D eigenvalue weighted by Crippen LogP contribution is 2.29. The lowest BCUT2D eigenvalue weighted by Gasteiger charge is -2.10. The largest absolute Gasteiger partial charge is 0.468 e. The number of hydrogen-bond donors (Lipinski definition) is 0. The lowest BCUT2D eigenvalue weighted by Crippen LogP contribution is -2.20. The van der Waals surface area contributed by atoms with Crippen molar-refractivity contribution in [2.75, 3.05) is 7.11 Å². The van der Waals surface area contributed by atoms with Crippen molar-refractivity contribution < 1.29 is 22.7 Å². The van der Waals surface area contributed by atoms with Crippen LogP contribution in [0, 0.1) is 24.4 Å². The SMILES string of the molecule is COC(=O)Cn1c(C)c(Cc2ccc(=O)n(Cc3ccc(F)cc3F)c2)c2cc(F)ccc21. The summed E-state index contributed by atoms with van der Waals surface area (Å²) in [6.45, 7) is 1.75. The molecule has 2 aromatic heterocycles. The molecule has 0 atom stereocenters. The van der Waals surface area contributed by atoms with Gasteiger partial charge in [0.1, 0.15) is 24.0 Å². The Hall–Kier alpha value is -3.81. The molecule has 0 bridgehead atoms. The number of esters is 1. The fourth-order valence-corrected chi connectivity index (χ4v) is 3.99. The van der Waals surface area contributed by atoms with Crippen molar-refractivity contribution in [2.24, 2.45) is 0 Å². The number of aromatic nitrogens is 2. The fraction of sp³-hybridized carbons (Fsp3) is 0.200. The van der Waals surface area contributed by atoms with E-state index in [4.69, 9.17) is 4.74 Å². The molecule has 0 saturated heterocycles. The molecule has 5 nitrogen and oxygen atoms in total. The second-order valence-corrected chi connectivity index (χ2v) is 7.80. The maximum absolute atomic E-state index is 14.1. The Balaban J connectivity index is 1.73. The van der Waals surface area contributed by atoms with Gasteiger partial charge in [0.25, 0.3) is 5.56 Å². The van der Waals surface area contributed by atoms with E-state index in [-0.39, 0.29) is 24.2 Å². The van der Waals surface area contributed by atoms with Crippen LogP contribution < -0.4 is 5.56 Å². The molecule has 0 N–H and O–H groups in total. The maximum Gasteiger partial charge on any atom is 0.325 e. The van der Waals surface area contributed by atoms with Crippen molar-refractivity contribution in [1.82, 2.24) is 9.13 Å². The first-order chi connectivity index (χ1) is 15.8. The summed E-state index contributed by atoms with van der Waals surface area (Å²) in [6, 6.07) is 10.6. The van der Waals surface area contributed by atoms with Crippen LogP contribution in [0.25, 0.3) is 10.9 Å². The fourth-order valence-electron chi connectivity index (χ4n) is 3.99. The van der Waals surface area contributed by atoms with Crippen molar-refractivity contribution in [3.05, 3.63) is 105 Å².